The van der Waals surface area contributed by atoms with Crippen LogP contribution in [-0.2, 0) is 14.8 Å². The van der Waals surface area contributed by atoms with Gasteiger partial charge in [0.05, 0.1) is 29.8 Å². The number of aliphatic hydroxyl groups is 1. The molecule has 1 heterocycles. The van der Waals surface area contributed by atoms with Crippen molar-refractivity contribution in [2.75, 3.05) is 26.3 Å². The van der Waals surface area contributed by atoms with Crippen LogP contribution in [0, 0.1) is 17.1 Å². The van der Waals surface area contributed by atoms with Gasteiger partial charge < -0.3 is 9.84 Å². The number of hydrogen-bond acceptors (Lipinski definition) is 5. The van der Waals surface area contributed by atoms with Crippen LogP contribution in [0.15, 0.2) is 23.1 Å². The van der Waals surface area contributed by atoms with Crippen LogP contribution in [0.25, 0.3) is 0 Å². The first-order chi connectivity index (χ1) is 9.48. The predicted octanol–water partition coefficient (Wildman–Crippen LogP) is 0.0792. The van der Waals surface area contributed by atoms with Crippen LogP contribution < -0.4 is 0 Å². The zero-order valence-corrected chi connectivity index (χ0v) is 11.3. The van der Waals surface area contributed by atoms with E-state index in [1.807, 2.05) is 0 Å². The fourth-order valence-electron chi connectivity index (χ4n) is 1.92. The second-order valence-corrected chi connectivity index (χ2v) is 6.23. The van der Waals surface area contributed by atoms with Crippen LogP contribution >= 0.6 is 0 Å². The molecule has 0 aromatic heterocycles. The fourth-order valence-corrected chi connectivity index (χ4v) is 3.40. The van der Waals surface area contributed by atoms with Crippen LogP contribution in [0.4, 0.5) is 4.39 Å². The first kappa shape index (κ1) is 14.9. The van der Waals surface area contributed by atoms with E-state index in [9.17, 15) is 12.8 Å². The highest BCUT2D eigenvalue weighted by Crippen LogP contribution is 2.21. The maximum Gasteiger partial charge on any atom is 0.243 e. The summed E-state index contributed by atoms with van der Waals surface area (Å²) in [5.41, 5.74) is -0.321. The molecule has 0 saturated carbocycles. The average molecular weight is 300 g/mol. The van der Waals surface area contributed by atoms with Gasteiger partial charge in [-0.05, 0) is 18.2 Å². The minimum absolute atomic E-state index is 0.0259. The highest BCUT2D eigenvalue weighted by molar-refractivity contribution is 7.89. The normalized spacial score (nSPS) is 20.6. The molecular weight excluding hydrogens is 287 g/mol. The van der Waals surface area contributed by atoms with Crippen LogP contribution in [0.3, 0.4) is 0 Å². The van der Waals surface area contributed by atoms with Gasteiger partial charge in [-0.2, -0.15) is 9.57 Å². The summed E-state index contributed by atoms with van der Waals surface area (Å²) in [5.74, 6) is -0.762. The number of aliphatic hydroxyl groups excluding tert-OH is 1. The molecule has 6 nitrogen and oxygen atoms in total. The monoisotopic (exact) mass is 300 g/mol. The van der Waals surface area contributed by atoms with Crippen molar-refractivity contribution in [2.24, 2.45) is 0 Å². The van der Waals surface area contributed by atoms with Crippen molar-refractivity contribution in [1.82, 2.24) is 4.31 Å². The van der Waals surface area contributed by atoms with Gasteiger partial charge in [-0.3, -0.25) is 0 Å². The summed E-state index contributed by atoms with van der Waals surface area (Å²) in [5, 5.41) is 17.8. The lowest BCUT2D eigenvalue weighted by Crippen LogP contribution is -2.46. The second-order valence-electron chi connectivity index (χ2n) is 4.29. The number of hydrogen-bond donors (Lipinski definition) is 1. The van der Waals surface area contributed by atoms with Crippen molar-refractivity contribution in [3.63, 3.8) is 0 Å². The van der Waals surface area contributed by atoms with Crippen molar-refractivity contribution >= 4 is 10.0 Å². The summed E-state index contributed by atoms with van der Waals surface area (Å²) in [4.78, 5) is -0.144. The molecule has 2 rings (SSSR count). The Balaban J connectivity index is 2.33. The Morgan fingerprint density at radius 3 is 2.95 bits per heavy atom. The molecule has 1 atom stereocenters. The van der Waals surface area contributed by atoms with Crippen LogP contribution in [0.5, 0.6) is 0 Å². The van der Waals surface area contributed by atoms with Crippen LogP contribution in [-0.4, -0.2) is 50.2 Å². The first-order valence-electron chi connectivity index (χ1n) is 5.91. The van der Waals surface area contributed by atoms with E-state index in [0.29, 0.717) is 0 Å². The van der Waals surface area contributed by atoms with Gasteiger partial charge in [0.2, 0.25) is 10.0 Å². The minimum Gasteiger partial charge on any atom is -0.394 e. The molecule has 8 heteroatoms. The summed E-state index contributed by atoms with van der Waals surface area (Å²) in [6, 6.07) is 4.69. The van der Waals surface area contributed by atoms with Gasteiger partial charge in [0, 0.05) is 13.1 Å². The molecule has 108 valence electrons. The lowest BCUT2D eigenvalue weighted by molar-refractivity contribution is -0.0304. The standard InChI is InChI=1S/C12H13FN2O4S/c13-12-2-1-11(5-9(12)6-14)20(17,18)15-3-4-19-10(7-15)8-16/h1-2,5,10,16H,3-4,7-8H2. The van der Waals surface area contributed by atoms with Gasteiger partial charge >= 0.3 is 0 Å². The molecule has 1 aromatic rings. The Hall–Kier alpha value is -1.53. The quantitative estimate of drug-likeness (QED) is 0.853. The zero-order chi connectivity index (χ0) is 14.8. The van der Waals surface area contributed by atoms with Crippen LogP contribution in [0.1, 0.15) is 5.56 Å². The number of nitrogens with zero attached hydrogens (tertiary/aromatic N) is 2. The molecular formula is C12H13FN2O4S. The van der Waals surface area contributed by atoms with Crippen molar-refractivity contribution in [2.45, 2.75) is 11.0 Å². The lowest BCUT2D eigenvalue weighted by Gasteiger charge is -2.31. The molecule has 1 unspecified atom stereocenters. The van der Waals surface area contributed by atoms with E-state index in [0.717, 1.165) is 22.5 Å². The highest BCUT2D eigenvalue weighted by atomic mass is 32.2. The topological polar surface area (TPSA) is 90.6 Å². The summed E-state index contributed by atoms with van der Waals surface area (Å²) in [7, 11) is -3.83. The van der Waals surface area contributed by atoms with Gasteiger partial charge in [-0.15, -0.1) is 0 Å². The predicted molar refractivity (Wildman–Crippen MR) is 66.7 cm³/mol. The van der Waals surface area contributed by atoms with E-state index in [1.165, 1.54) is 0 Å². The molecule has 0 aliphatic carbocycles. The molecule has 20 heavy (non-hydrogen) atoms. The first-order valence-corrected chi connectivity index (χ1v) is 7.35. The van der Waals surface area contributed by atoms with E-state index in [1.54, 1.807) is 6.07 Å². The summed E-state index contributed by atoms with van der Waals surface area (Å²) >= 11 is 0. The minimum atomic E-state index is -3.83. The summed E-state index contributed by atoms with van der Waals surface area (Å²) < 4.78 is 44.3. The number of benzene rings is 1. The van der Waals surface area contributed by atoms with Gasteiger partial charge in [-0.1, -0.05) is 0 Å². The van der Waals surface area contributed by atoms with E-state index < -0.39 is 21.9 Å². The number of halogens is 1. The van der Waals surface area contributed by atoms with Gasteiger partial charge in [0.15, 0.2) is 0 Å². The van der Waals surface area contributed by atoms with Gasteiger partial charge in [0.1, 0.15) is 11.9 Å². The van der Waals surface area contributed by atoms with E-state index >= 15 is 0 Å². The van der Waals surface area contributed by atoms with E-state index in [4.69, 9.17) is 15.1 Å². The molecule has 1 saturated heterocycles. The van der Waals surface area contributed by atoms with Crippen molar-refractivity contribution < 1.29 is 22.7 Å². The maximum absolute atomic E-state index is 13.2. The Morgan fingerprint density at radius 2 is 2.30 bits per heavy atom. The summed E-state index contributed by atoms with van der Waals surface area (Å²) in [6.07, 6.45) is -0.575. The number of nitriles is 1. The molecule has 0 amide bonds. The molecule has 1 aromatic carbocycles. The fraction of sp³-hybridized carbons (Fsp3) is 0.417. The van der Waals surface area contributed by atoms with Gasteiger partial charge in [0.25, 0.3) is 0 Å². The smallest absolute Gasteiger partial charge is 0.243 e. The molecule has 1 N–H and O–H groups in total. The largest absolute Gasteiger partial charge is 0.394 e. The third-order valence-corrected chi connectivity index (χ3v) is 4.86. The average Bonchev–Trinajstić information content (AvgIpc) is 2.47. The Morgan fingerprint density at radius 1 is 1.55 bits per heavy atom. The molecule has 1 aliphatic heterocycles. The SMILES string of the molecule is N#Cc1cc(S(=O)(=O)N2CCOC(CO)C2)ccc1F. The van der Waals surface area contributed by atoms with Crippen molar-refractivity contribution in [3.8, 4) is 6.07 Å². The third kappa shape index (κ3) is 2.81. The molecule has 1 aliphatic rings. The lowest BCUT2D eigenvalue weighted by atomic mass is 10.2. The number of rotatable bonds is 3. The number of morpholine rings is 1. The van der Waals surface area contributed by atoms with Crippen molar-refractivity contribution in [1.29, 1.82) is 5.26 Å². The zero-order valence-electron chi connectivity index (χ0n) is 10.5. The molecule has 0 radical (unpaired) electrons. The van der Waals surface area contributed by atoms with Crippen LogP contribution in [0.2, 0.25) is 0 Å². The Labute approximate surface area is 116 Å². The highest BCUT2D eigenvalue weighted by Gasteiger charge is 2.30. The number of sulfonamides is 1. The number of ether oxygens (including phenoxy) is 1. The van der Waals surface area contributed by atoms with Crippen molar-refractivity contribution in [3.05, 3.63) is 29.6 Å². The summed E-state index contributed by atoms with van der Waals surface area (Å²) in [6.45, 7) is 0.0752. The molecule has 0 bridgehead atoms. The van der Waals surface area contributed by atoms with E-state index in [2.05, 4.69) is 0 Å². The molecule has 0 spiro atoms. The Kier molecular flexibility index (Phi) is 4.35. The second kappa shape index (κ2) is 5.85. The Bertz CT molecular complexity index is 641. The van der Waals surface area contributed by atoms with E-state index in [-0.39, 0.29) is 36.8 Å². The molecule has 1 fully saturated rings. The third-order valence-electron chi connectivity index (χ3n) is 3.00. The van der Waals surface area contributed by atoms with Gasteiger partial charge in [-0.25, -0.2) is 12.8 Å². The maximum atomic E-state index is 13.2.